The summed E-state index contributed by atoms with van der Waals surface area (Å²) in [6, 6.07) is 0. The van der Waals surface area contributed by atoms with Gasteiger partial charge in [0.1, 0.15) is 6.10 Å². The van der Waals surface area contributed by atoms with Crippen LogP contribution in [0.5, 0.6) is 0 Å². The Balaban J connectivity index is 3.05. The lowest BCUT2D eigenvalue weighted by Gasteiger charge is -2.22. The summed E-state index contributed by atoms with van der Waals surface area (Å²) in [6.07, 6.45) is -0.757. The molecule has 0 fully saturated rings. The van der Waals surface area contributed by atoms with Crippen LogP contribution >= 0.6 is 0 Å². The molecule has 1 atom stereocenters. The molecular weight excluding hydrogens is 244 g/mol. The van der Waals surface area contributed by atoms with Gasteiger partial charge >= 0.3 is 5.69 Å². The molecule has 4 N–H and O–H groups in total. The minimum Gasteiger partial charge on any atom is -0.394 e. The van der Waals surface area contributed by atoms with Gasteiger partial charge in [0.25, 0.3) is 5.56 Å². The van der Waals surface area contributed by atoms with Crippen molar-refractivity contribution >= 4 is 0 Å². The van der Waals surface area contributed by atoms with Crippen LogP contribution in [0, 0.1) is 6.92 Å². The number of ether oxygens (including phenoxy) is 1. The zero-order valence-electron chi connectivity index (χ0n) is 9.87. The molecule has 0 aromatic carbocycles. The lowest BCUT2D eigenvalue weighted by Crippen LogP contribution is -2.38. The van der Waals surface area contributed by atoms with Crippen LogP contribution < -0.4 is 11.2 Å². The third-order valence-electron chi connectivity index (χ3n) is 2.37. The number of nitrogens with zero attached hydrogens (tertiary/aromatic N) is 1. The number of aromatic amines is 1. The third-order valence-corrected chi connectivity index (χ3v) is 2.37. The molecule has 0 bridgehead atoms. The molecule has 0 radical (unpaired) electrons. The molecule has 0 aliphatic rings. The molecule has 0 saturated carbocycles. The lowest BCUT2D eigenvalue weighted by atomic mass is 10.3. The molecule has 1 aromatic heterocycles. The smallest absolute Gasteiger partial charge is 0.330 e. The Labute approximate surface area is 102 Å². The fourth-order valence-corrected chi connectivity index (χ4v) is 1.36. The van der Waals surface area contributed by atoms with Crippen molar-refractivity contribution in [2.75, 3.05) is 19.8 Å². The quantitative estimate of drug-likeness (QED) is 0.456. The molecule has 1 rings (SSSR count). The molecule has 8 heteroatoms. The Morgan fingerprint density at radius 2 is 1.89 bits per heavy atom. The molecular formula is C10H16N2O6. The summed E-state index contributed by atoms with van der Waals surface area (Å²) in [6.45, 7) is 0.0504. The standard InChI is InChI=1S/C10H16N2O6/c1-6-2-12(10(17)11-9(6)16)8(5-15)18-7(3-13)4-14/h2,7-8,13-15H,3-5H2,1H3,(H,11,16,17). The van der Waals surface area contributed by atoms with Crippen molar-refractivity contribution in [3.8, 4) is 0 Å². The van der Waals surface area contributed by atoms with E-state index in [2.05, 4.69) is 4.98 Å². The predicted molar refractivity (Wildman–Crippen MR) is 61.2 cm³/mol. The molecule has 0 aliphatic heterocycles. The van der Waals surface area contributed by atoms with E-state index in [1.165, 1.54) is 13.1 Å². The summed E-state index contributed by atoms with van der Waals surface area (Å²) in [5.74, 6) is 0. The maximum absolute atomic E-state index is 11.5. The van der Waals surface area contributed by atoms with Gasteiger partial charge in [0, 0.05) is 11.8 Å². The van der Waals surface area contributed by atoms with Gasteiger partial charge in [-0.25, -0.2) is 4.79 Å². The van der Waals surface area contributed by atoms with Crippen LogP contribution in [0.15, 0.2) is 15.8 Å². The van der Waals surface area contributed by atoms with E-state index in [1.807, 2.05) is 0 Å². The van der Waals surface area contributed by atoms with Crippen LogP contribution in [0.2, 0.25) is 0 Å². The molecule has 0 spiro atoms. The Morgan fingerprint density at radius 1 is 1.28 bits per heavy atom. The highest BCUT2D eigenvalue weighted by molar-refractivity contribution is 5.01. The average Bonchev–Trinajstić information content (AvgIpc) is 2.36. The second-order valence-corrected chi connectivity index (χ2v) is 3.74. The van der Waals surface area contributed by atoms with E-state index < -0.39 is 43.4 Å². The Hall–Kier alpha value is -1.48. The van der Waals surface area contributed by atoms with E-state index in [1.54, 1.807) is 0 Å². The Bertz CT molecular complexity index is 490. The average molecular weight is 260 g/mol. The minimum absolute atomic E-state index is 0.279. The molecule has 1 unspecified atom stereocenters. The van der Waals surface area contributed by atoms with Crippen molar-refractivity contribution in [2.24, 2.45) is 0 Å². The highest BCUT2D eigenvalue weighted by atomic mass is 16.5. The fraction of sp³-hybridized carbons (Fsp3) is 0.600. The van der Waals surface area contributed by atoms with Crippen molar-refractivity contribution in [3.63, 3.8) is 0 Å². The van der Waals surface area contributed by atoms with Crippen molar-refractivity contribution in [3.05, 3.63) is 32.6 Å². The van der Waals surface area contributed by atoms with E-state index in [0.717, 1.165) is 4.57 Å². The van der Waals surface area contributed by atoms with Crippen LogP contribution in [-0.2, 0) is 4.74 Å². The van der Waals surface area contributed by atoms with E-state index in [9.17, 15) is 9.59 Å². The predicted octanol–water partition coefficient (Wildman–Crippen LogP) is -2.29. The van der Waals surface area contributed by atoms with Crippen LogP contribution in [0.25, 0.3) is 0 Å². The van der Waals surface area contributed by atoms with Crippen molar-refractivity contribution < 1.29 is 20.1 Å². The molecule has 0 saturated heterocycles. The van der Waals surface area contributed by atoms with E-state index in [4.69, 9.17) is 20.1 Å². The number of aliphatic hydroxyl groups is 3. The molecule has 1 aromatic rings. The van der Waals surface area contributed by atoms with Crippen molar-refractivity contribution in [1.82, 2.24) is 9.55 Å². The first-order valence-electron chi connectivity index (χ1n) is 5.33. The van der Waals surface area contributed by atoms with Gasteiger partial charge in [-0.2, -0.15) is 0 Å². The molecule has 0 amide bonds. The number of rotatable bonds is 6. The van der Waals surface area contributed by atoms with E-state index >= 15 is 0 Å². The van der Waals surface area contributed by atoms with Gasteiger partial charge < -0.3 is 20.1 Å². The van der Waals surface area contributed by atoms with E-state index in [-0.39, 0.29) is 5.56 Å². The Morgan fingerprint density at radius 3 is 2.39 bits per heavy atom. The third kappa shape index (κ3) is 3.26. The van der Waals surface area contributed by atoms with Crippen LogP contribution in [0.1, 0.15) is 11.8 Å². The van der Waals surface area contributed by atoms with Crippen LogP contribution in [-0.4, -0.2) is 50.8 Å². The summed E-state index contributed by atoms with van der Waals surface area (Å²) in [7, 11) is 0. The molecule has 1 heterocycles. The van der Waals surface area contributed by atoms with Crippen molar-refractivity contribution in [1.29, 1.82) is 0 Å². The number of hydrogen-bond donors (Lipinski definition) is 4. The van der Waals surface area contributed by atoms with Gasteiger partial charge in [-0.15, -0.1) is 0 Å². The van der Waals surface area contributed by atoms with E-state index in [0.29, 0.717) is 0 Å². The highest BCUT2D eigenvalue weighted by Gasteiger charge is 2.18. The number of aliphatic hydroxyl groups excluding tert-OH is 3. The largest absolute Gasteiger partial charge is 0.394 e. The van der Waals surface area contributed by atoms with Crippen LogP contribution in [0.3, 0.4) is 0 Å². The van der Waals surface area contributed by atoms with Gasteiger partial charge in [0.15, 0.2) is 6.23 Å². The number of nitrogens with one attached hydrogen (secondary N) is 1. The maximum atomic E-state index is 11.5. The summed E-state index contributed by atoms with van der Waals surface area (Å²) >= 11 is 0. The molecule has 0 aliphatic carbocycles. The first-order valence-corrected chi connectivity index (χ1v) is 5.33. The zero-order valence-corrected chi connectivity index (χ0v) is 9.87. The first kappa shape index (κ1) is 14.6. The van der Waals surface area contributed by atoms with Gasteiger partial charge in [-0.3, -0.25) is 14.3 Å². The minimum atomic E-state index is -1.09. The fourth-order valence-electron chi connectivity index (χ4n) is 1.36. The molecule has 102 valence electrons. The molecule has 8 nitrogen and oxygen atoms in total. The number of H-pyrrole nitrogens is 1. The second-order valence-electron chi connectivity index (χ2n) is 3.74. The van der Waals surface area contributed by atoms with Gasteiger partial charge in [-0.05, 0) is 6.92 Å². The Kier molecular flexibility index (Phi) is 5.23. The van der Waals surface area contributed by atoms with Crippen LogP contribution in [0.4, 0.5) is 0 Å². The summed E-state index contributed by atoms with van der Waals surface area (Å²) in [5, 5.41) is 26.9. The topological polar surface area (TPSA) is 125 Å². The highest BCUT2D eigenvalue weighted by Crippen LogP contribution is 2.08. The van der Waals surface area contributed by atoms with Gasteiger partial charge in [-0.1, -0.05) is 0 Å². The number of aromatic nitrogens is 2. The second kappa shape index (κ2) is 6.45. The summed E-state index contributed by atoms with van der Waals surface area (Å²) < 4.78 is 6.15. The number of aryl methyl sites for hydroxylation is 1. The van der Waals surface area contributed by atoms with Gasteiger partial charge in [0.2, 0.25) is 0 Å². The van der Waals surface area contributed by atoms with Crippen molar-refractivity contribution in [2.45, 2.75) is 19.3 Å². The SMILES string of the molecule is Cc1cn(C(CO)OC(CO)CO)c(=O)[nH]c1=O. The normalized spacial score (nSPS) is 12.9. The van der Waals surface area contributed by atoms with Gasteiger partial charge in [0.05, 0.1) is 19.8 Å². The number of hydrogen-bond acceptors (Lipinski definition) is 6. The maximum Gasteiger partial charge on any atom is 0.330 e. The summed E-state index contributed by atoms with van der Waals surface area (Å²) in [5.41, 5.74) is -0.978. The monoisotopic (exact) mass is 260 g/mol. The summed E-state index contributed by atoms with van der Waals surface area (Å²) in [4.78, 5) is 24.8. The molecule has 18 heavy (non-hydrogen) atoms. The first-order chi connectivity index (χ1) is 8.53. The zero-order chi connectivity index (χ0) is 13.7. The lowest BCUT2D eigenvalue weighted by molar-refractivity contribution is -0.113.